The first-order chi connectivity index (χ1) is 26.7. The smallest absolute Gasteiger partial charge is 0.262 e. The number of rotatable bonds is 7. The van der Waals surface area contributed by atoms with Crippen molar-refractivity contribution >= 4 is 40.8 Å². The van der Waals surface area contributed by atoms with Crippen LogP contribution < -0.4 is 20.4 Å². The number of anilines is 3. The standard InChI is InChI=1S/C41H47N9O5/c1-23-17-49-26(16-42-38-35(49)15-33(44-45-38)28-4-2-3-5-36(28)51)19-48(23)22-32-30-20-46(21-31(30)32)18-24-10-12-47(13-11-24)25-6-7-27-29(14-25)41(55)50(40(27)54)34-8-9-37(52)43-39(34)53/h2-7,14-15,23-24,26,30-32,34,51H,8-13,16-22H2,1H3,(H,42,45)(H,43,52,53)/t23-,26-,30-,31+,32+,34?/m0/s1. The molecule has 0 spiro atoms. The molecule has 1 aromatic heterocycles. The summed E-state index contributed by atoms with van der Waals surface area (Å²) in [6, 6.07) is 14.6. The first-order valence-electron chi connectivity index (χ1n) is 19.9. The van der Waals surface area contributed by atoms with Crippen LogP contribution in [0.5, 0.6) is 5.75 Å². The normalized spacial score (nSPS) is 29.4. The molecule has 55 heavy (non-hydrogen) atoms. The van der Waals surface area contributed by atoms with E-state index in [1.165, 1.54) is 13.1 Å². The van der Waals surface area contributed by atoms with Crippen molar-refractivity contribution in [2.24, 2.45) is 23.7 Å². The largest absolute Gasteiger partial charge is 0.507 e. The lowest BCUT2D eigenvalue weighted by atomic mass is 9.95. The Morgan fingerprint density at radius 2 is 1.62 bits per heavy atom. The third-order valence-corrected chi connectivity index (χ3v) is 13.6. The third-order valence-electron chi connectivity index (χ3n) is 13.6. The average Bonchev–Trinajstić information content (AvgIpc) is 3.50. The number of aromatic hydroxyl groups is 1. The number of likely N-dealkylation sites (tertiary alicyclic amines) is 1. The van der Waals surface area contributed by atoms with E-state index in [0.29, 0.717) is 40.4 Å². The molecule has 7 aliphatic rings. The van der Waals surface area contributed by atoms with E-state index in [0.717, 1.165) is 98.5 Å². The molecule has 1 aliphatic carbocycles. The molecule has 3 aromatic rings. The highest BCUT2D eigenvalue weighted by atomic mass is 16.3. The minimum Gasteiger partial charge on any atom is -0.507 e. The summed E-state index contributed by atoms with van der Waals surface area (Å²) in [6.45, 7) is 11.7. The Morgan fingerprint density at radius 1 is 0.836 bits per heavy atom. The van der Waals surface area contributed by atoms with Gasteiger partial charge in [0.1, 0.15) is 11.8 Å². The number of imide groups is 2. The number of hydrogen-bond acceptors (Lipinski definition) is 12. The Labute approximate surface area is 319 Å². The minimum absolute atomic E-state index is 0.109. The van der Waals surface area contributed by atoms with Gasteiger partial charge in [-0.05, 0) is 86.3 Å². The van der Waals surface area contributed by atoms with Crippen molar-refractivity contribution in [3.8, 4) is 17.0 Å². The molecule has 5 fully saturated rings. The number of carbonyl (C=O) groups is 4. The zero-order valence-electron chi connectivity index (χ0n) is 31.1. The van der Waals surface area contributed by atoms with E-state index in [-0.39, 0.29) is 24.5 Å². The van der Waals surface area contributed by atoms with Gasteiger partial charge in [0.2, 0.25) is 11.8 Å². The molecule has 1 unspecified atom stereocenters. The summed E-state index contributed by atoms with van der Waals surface area (Å²) in [7, 11) is 0. The summed E-state index contributed by atoms with van der Waals surface area (Å²) in [5, 5.41) is 25.1. The number of carbonyl (C=O) groups excluding carboxylic acids is 4. The van der Waals surface area contributed by atoms with Crippen LogP contribution >= 0.6 is 0 Å². The Kier molecular flexibility index (Phi) is 8.32. The van der Waals surface area contributed by atoms with Crippen LogP contribution in [0.2, 0.25) is 0 Å². The van der Waals surface area contributed by atoms with Crippen LogP contribution in [0.15, 0.2) is 48.5 Å². The van der Waals surface area contributed by atoms with E-state index >= 15 is 0 Å². The average molecular weight is 746 g/mol. The molecule has 3 N–H and O–H groups in total. The summed E-state index contributed by atoms with van der Waals surface area (Å²) in [5.41, 5.74) is 4.05. The zero-order valence-corrected chi connectivity index (χ0v) is 31.1. The van der Waals surface area contributed by atoms with Gasteiger partial charge in [-0.15, -0.1) is 10.2 Å². The summed E-state index contributed by atoms with van der Waals surface area (Å²) in [6.07, 6.45) is 2.43. The van der Waals surface area contributed by atoms with Crippen molar-refractivity contribution in [3.63, 3.8) is 0 Å². The lowest BCUT2D eigenvalue weighted by Gasteiger charge is -2.49. The SMILES string of the molecule is C[C@H]1CN2c3cc(-c4ccccc4O)nnc3NC[C@H]2CN1C[C@H]1[C@@H]2CN(CC3CCN(c4ccc5c(c4)C(=O)N(C4CCC(=O)NC4=O)C5=O)CC3)C[C@@H]21. The number of fused-ring (bicyclic) bond motifs is 5. The molecule has 6 aliphatic heterocycles. The van der Waals surface area contributed by atoms with E-state index < -0.39 is 23.8 Å². The number of benzene rings is 2. The molecule has 0 bridgehead atoms. The van der Waals surface area contributed by atoms with Crippen molar-refractivity contribution in [1.82, 2.24) is 30.2 Å². The summed E-state index contributed by atoms with van der Waals surface area (Å²) in [4.78, 5) is 61.8. The quantitative estimate of drug-likeness (QED) is 0.305. The van der Waals surface area contributed by atoms with Crippen molar-refractivity contribution in [1.29, 1.82) is 0 Å². The van der Waals surface area contributed by atoms with Gasteiger partial charge >= 0.3 is 0 Å². The van der Waals surface area contributed by atoms with Gasteiger partial charge in [-0.2, -0.15) is 0 Å². The van der Waals surface area contributed by atoms with Gasteiger partial charge in [0.15, 0.2) is 5.82 Å². The lowest BCUT2D eigenvalue weighted by molar-refractivity contribution is -0.136. The molecule has 0 radical (unpaired) electrons. The van der Waals surface area contributed by atoms with Crippen molar-refractivity contribution in [3.05, 3.63) is 59.7 Å². The van der Waals surface area contributed by atoms with Crippen LogP contribution in [0.25, 0.3) is 11.3 Å². The Morgan fingerprint density at radius 3 is 2.40 bits per heavy atom. The fourth-order valence-corrected chi connectivity index (χ4v) is 10.4. The molecule has 7 heterocycles. The molecule has 10 rings (SSSR count). The number of nitrogens with one attached hydrogen (secondary N) is 2. The highest BCUT2D eigenvalue weighted by molar-refractivity contribution is 6.23. The minimum atomic E-state index is -0.952. The number of piperidine rings is 3. The van der Waals surface area contributed by atoms with E-state index in [9.17, 15) is 24.3 Å². The van der Waals surface area contributed by atoms with Gasteiger partial charge in [-0.1, -0.05) is 12.1 Å². The molecule has 14 heteroatoms. The van der Waals surface area contributed by atoms with E-state index in [1.807, 2.05) is 30.3 Å². The number of aromatic nitrogens is 2. The van der Waals surface area contributed by atoms with Gasteiger partial charge < -0.3 is 25.1 Å². The number of phenolic OH excluding ortho intramolecular Hbond substituents is 1. The van der Waals surface area contributed by atoms with Crippen LogP contribution in [0.4, 0.5) is 17.2 Å². The number of nitrogens with zero attached hydrogens (tertiary/aromatic N) is 7. The molecule has 286 valence electrons. The van der Waals surface area contributed by atoms with Gasteiger partial charge in [-0.25, -0.2) is 0 Å². The monoisotopic (exact) mass is 745 g/mol. The molecule has 1 saturated carbocycles. The number of phenols is 1. The van der Waals surface area contributed by atoms with E-state index in [4.69, 9.17) is 0 Å². The second-order valence-electron chi connectivity index (χ2n) is 16.8. The molecular formula is C41H47N9O5. The van der Waals surface area contributed by atoms with Crippen LogP contribution in [-0.2, 0) is 9.59 Å². The van der Waals surface area contributed by atoms with Crippen molar-refractivity contribution in [2.75, 3.05) is 74.0 Å². The molecule has 4 amide bonds. The molecule has 4 saturated heterocycles. The van der Waals surface area contributed by atoms with Gasteiger partial charge in [0.05, 0.1) is 28.6 Å². The highest BCUT2D eigenvalue weighted by Gasteiger charge is 2.56. The zero-order chi connectivity index (χ0) is 37.5. The first-order valence-corrected chi connectivity index (χ1v) is 19.9. The number of para-hydroxylation sites is 1. The van der Waals surface area contributed by atoms with Gasteiger partial charge in [0.25, 0.3) is 11.8 Å². The Bertz CT molecular complexity index is 2070. The highest BCUT2D eigenvalue weighted by Crippen LogP contribution is 2.53. The molecule has 6 atom stereocenters. The molecular weight excluding hydrogens is 699 g/mol. The Hall–Kier alpha value is -5.08. The van der Waals surface area contributed by atoms with Crippen LogP contribution in [0.1, 0.15) is 53.3 Å². The maximum Gasteiger partial charge on any atom is 0.262 e. The maximum absolute atomic E-state index is 13.4. The van der Waals surface area contributed by atoms with Crippen LogP contribution in [-0.4, -0.2) is 131 Å². The number of piperazine rings is 1. The summed E-state index contributed by atoms with van der Waals surface area (Å²) < 4.78 is 0. The van der Waals surface area contributed by atoms with Gasteiger partial charge in [-0.3, -0.25) is 34.3 Å². The van der Waals surface area contributed by atoms with Crippen molar-refractivity contribution in [2.45, 2.75) is 50.7 Å². The summed E-state index contributed by atoms with van der Waals surface area (Å²) in [5.74, 6) is 2.13. The predicted octanol–water partition coefficient (Wildman–Crippen LogP) is 2.65. The second kappa shape index (κ2) is 13.3. The topological polar surface area (TPSA) is 155 Å². The first kappa shape index (κ1) is 34.4. The van der Waals surface area contributed by atoms with E-state index in [2.05, 4.69) is 53.4 Å². The molecule has 2 aromatic carbocycles. The third kappa shape index (κ3) is 6.00. The van der Waals surface area contributed by atoms with Crippen LogP contribution in [0, 0.1) is 23.7 Å². The second-order valence-corrected chi connectivity index (χ2v) is 16.8. The van der Waals surface area contributed by atoms with E-state index in [1.54, 1.807) is 12.1 Å². The lowest BCUT2D eigenvalue weighted by Crippen LogP contribution is -2.61. The van der Waals surface area contributed by atoms with Gasteiger partial charge in [0, 0.05) is 82.6 Å². The fraction of sp³-hybridized carbons (Fsp3) is 0.512. The maximum atomic E-state index is 13.4. The Balaban J connectivity index is 0.699. The number of hydrogen-bond donors (Lipinski definition) is 3. The fourth-order valence-electron chi connectivity index (χ4n) is 10.4. The predicted molar refractivity (Wildman–Crippen MR) is 205 cm³/mol. The van der Waals surface area contributed by atoms with Crippen molar-refractivity contribution < 1.29 is 24.3 Å². The number of amides is 4. The van der Waals surface area contributed by atoms with Crippen LogP contribution in [0.3, 0.4) is 0 Å². The summed E-state index contributed by atoms with van der Waals surface area (Å²) >= 11 is 0. The molecule has 14 nitrogen and oxygen atoms in total.